The van der Waals surface area contributed by atoms with Crippen molar-refractivity contribution < 1.29 is 29.7 Å². The van der Waals surface area contributed by atoms with E-state index in [-0.39, 0.29) is 36.6 Å². The molecule has 6 nitrogen and oxygen atoms in total. The van der Waals surface area contributed by atoms with Crippen LogP contribution in [0.2, 0.25) is 0 Å². The third-order valence-electron chi connectivity index (χ3n) is 4.24. The second kappa shape index (κ2) is 27.0. The Bertz CT molecular complexity index is 360. The van der Waals surface area contributed by atoms with E-state index in [1.54, 1.807) is 0 Å². The molecule has 0 aliphatic heterocycles. The minimum absolute atomic E-state index is 0. The molecule has 31 heavy (non-hydrogen) atoms. The predicted molar refractivity (Wildman–Crippen MR) is 121 cm³/mol. The van der Waals surface area contributed by atoms with E-state index in [1.165, 1.54) is 0 Å². The fourth-order valence-electron chi connectivity index (χ4n) is 2.47. The molecule has 0 aliphatic carbocycles. The second-order valence-corrected chi connectivity index (χ2v) is 9.03. The number of aliphatic carboxylic acids is 3. The van der Waals surface area contributed by atoms with E-state index in [1.807, 2.05) is 0 Å². The Kier molecular flexibility index (Phi) is 32.4. The second-order valence-electron chi connectivity index (χ2n) is 9.03. The molecule has 180 valence electrons. The molecule has 7 heteroatoms. The van der Waals surface area contributed by atoms with Gasteiger partial charge in [0.05, 0.1) is 0 Å². The Balaban J connectivity index is -0.000000174. The molecule has 0 bridgehead atoms. The molecule has 0 atom stereocenters. The molecule has 0 aliphatic rings. The fourth-order valence-corrected chi connectivity index (χ4v) is 2.47. The summed E-state index contributed by atoms with van der Waals surface area (Å²) in [6, 6.07) is 0. The van der Waals surface area contributed by atoms with Gasteiger partial charge in [0, 0.05) is 17.9 Å². The summed E-state index contributed by atoms with van der Waals surface area (Å²) in [6.45, 7) is 12.8. The average molecular weight is 457 g/mol. The van der Waals surface area contributed by atoms with E-state index in [0.29, 0.717) is 17.8 Å². The van der Waals surface area contributed by atoms with Crippen LogP contribution in [0.15, 0.2) is 0 Å². The zero-order valence-corrected chi connectivity index (χ0v) is 21.9. The number of carbonyl (C=O) groups excluding carboxylic acids is 3. The van der Waals surface area contributed by atoms with Gasteiger partial charge in [-0.15, -0.1) is 0 Å². The van der Waals surface area contributed by atoms with Crippen molar-refractivity contribution in [3.05, 3.63) is 0 Å². The normalized spacial score (nSPS) is 9.97. The van der Waals surface area contributed by atoms with E-state index in [2.05, 4.69) is 41.5 Å². The molecule has 0 saturated heterocycles. The third-order valence-corrected chi connectivity index (χ3v) is 4.24. The van der Waals surface area contributed by atoms with Crippen LogP contribution >= 0.6 is 0 Å². The molecule has 0 rings (SSSR count). The van der Waals surface area contributed by atoms with Crippen LogP contribution in [-0.4, -0.2) is 35.3 Å². The summed E-state index contributed by atoms with van der Waals surface area (Å²) in [5.41, 5.74) is 0. The van der Waals surface area contributed by atoms with Gasteiger partial charge in [-0.3, -0.25) is 0 Å². The average Bonchev–Trinajstić information content (AvgIpc) is 2.60. The Labute approximate surface area is 201 Å². The van der Waals surface area contributed by atoms with Crippen molar-refractivity contribution >= 4 is 35.3 Å². The largest absolute Gasteiger partial charge is 3.00 e. The van der Waals surface area contributed by atoms with Gasteiger partial charge in [0.25, 0.3) is 0 Å². The van der Waals surface area contributed by atoms with Crippen LogP contribution in [0.25, 0.3) is 0 Å². The number of carboxylic acid groups (broad SMARTS) is 3. The van der Waals surface area contributed by atoms with E-state index in [9.17, 15) is 29.7 Å². The number of carbonyl (C=O) groups is 3. The molecule has 0 fully saturated rings. The van der Waals surface area contributed by atoms with Crippen LogP contribution in [0, 0.1) is 17.8 Å². The number of rotatable bonds is 15. The standard InChI is InChI=1S/3C8H16O2.Al/c3*1-7(2)5-3-4-6-8(9)10;/h3*7H,3-6H2,1-2H3,(H,9,10);/q;;;+3/p-3. The summed E-state index contributed by atoms with van der Waals surface area (Å²) in [7, 11) is 0. The van der Waals surface area contributed by atoms with Crippen LogP contribution in [-0.2, 0) is 14.4 Å². The van der Waals surface area contributed by atoms with Gasteiger partial charge < -0.3 is 29.7 Å². The monoisotopic (exact) mass is 456 g/mol. The minimum Gasteiger partial charge on any atom is -0.550 e. The molecule has 0 saturated carbocycles. The minimum atomic E-state index is -0.927. The summed E-state index contributed by atoms with van der Waals surface area (Å²) in [4.78, 5) is 29.8. The van der Waals surface area contributed by atoms with Gasteiger partial charge in [0.15, 0.2) is 0 Å². The summed E-state index contributed by atoms with van der Waals surface area (Å²) in [5, 5.41) is 29.8. The van der Waals surface area contributed by atoms with E-state index in [4.69, 9.17) is 0 Å². The molecule has 0 amide bonds. The number of carboxylic acids is 3. The maximum Gasteiger partial charge on any atom is 3.00 e. The Morgan fingerprint density at radius 1 is 0.484 bits per heavy atom. The third kappa shape index (κ3) is 52.8. The van der Waals surface area contributed by atoms with E-state index in [0.717, 1.165) is 57.8 Å². The van der Waals surface area contributed by atoms with Crippen LogP contribution in [0.1, 0.15) is 119 Å². The quantitative estimate of drug-likeness (QED) is 0.276. The smallest absolute Gasteiger partial charge is 0.550 e. The Morgan fingerprint density at radius 3 is 0.806 bits per heavy atom. The number of hydrogen-bond donors (Lipinski definition) is 0. The van der Waals surface area contributed by atoms with Crippen molar-refractivity contribution in [1.29, 1.82) is 0 Å². The zero-order chi connectivity index (χ0) is 23.9. The maximum atomic E-state index is 9.93. The first kappa shape index (κ1) is 37.3. The maximum absolute atomic E-state index is 9.93. The van der Waals surface area contributed by atoms with Crippen molar-refractivity contribution in [2.24, 2.45) is 17.8 Å². The van der Waals surface area contributed by atoms with Crippen LogP contribution in [0.4, 0.5) is 0 Å². The number of unbranched alkanes of at least 4 members (excludes halogenated alkanes) is 3. The Hall–Kier alpha value is -1.06. The molecule has 0 spiro atoms. The van der Waals surface area contributed by atoms with E-state index >= 15 is 0 Å². The molecule has 0 radical (unpaired) electrons. The SMILES string of the molecule is CC(C)CCCCC(=O)[O-].CC(C)CCCCC(=O)[O-].CC(C)CCCCC(=O)[O-].[Al+3]. The van der Waals surface area contributed by atoms with Crippen molar-refractivity contribution in [2.75, 3.05) is 0 Å². The molecule has 0 aromatic heterocycles. The summed E-state index contributed by atoms with van der Waals surface area (Å²) < 4.78 is 0. The molecule has 0 aromatic carbocycles. The molecule has 0 heterocycles. The van der Waals surface area contributed by atoms with E-state index < -0.39 is 17.9 Å². The van der Waals surface area contributed by atoms with Crippen molar-refractivity contribution in [2.45, 2.75) is 119 Å². The van der Waals surface area contributed by atoms with Crippen LogP contribution < -0.4 is 15.3 Å². The van der Waals surface area contributed by atoms with Crippen LogP contribution in [0.5, 0.6) is 0 Å². The molecular weight excluding hydrogens is 411 g/mol. The van der Waals surface area contributed by atoms with Gasteiger partial charge in [-0.2, -0.15) is 0 Å². The first-order valence-electron chi connectivity index (χ1n) is 11.5. The van der Waals surface area contributed by atoms with Crippen molar-refractivity contribution in [3.8, 4) is 0 Å². The zero-order valence-electron chi connectivity index (χ0n) is 20.7. The molecular formula is C24H45AlO6. The predicted octanol–water partition coefficient (Wildman–Crippen LogP) is 2.48. The summed E-state index contributed by atoms with van der Waals surface area (Å²) >= 11 is 0. The topological polar surface area (TPSA) is 120 Å². The summed E-state index contributed by atoms with van der Waals surface area (Å²) in [5.74, 6) is -0.735. The van der Waals surface area contributed by atoms with Gasteiger partial charge in [0.2, 0.25) is 0 Å². The van der Waals surface area contributed by atoms with Crippen molar-refractivity contribution in [1.82, 2.24) is 0 Å². The van der Waals surface area contributed by atoms with Crippen molar-refractivity contribution in [3.63, 3.8) is 0 Å². The molecule has 0 unspecified atom stereocenters. The molecule has 0 aromatic rings. The van der Waals surface area contributed by atoms with Crippen LogP contribution in [0.3, 0.4) is 0 Å². The first-order chi connectivity index (χ1) is 13.9. The van der Waals surface area contributed by atoms with Gasteiger partial charge >= 0.3 is 17.4 Å². The molecule has 0 N–H and O–H groups in total. The van der Waals surface area contributed by atoms with Gasteiger partial charge in [0.1, 0.15) is 0 Å². The number of hydrogen-bond acceptors (Lipinski definition) is 6. The summed E-state index contributed by atoms with van der Waals surface area (Å²) in [6.07, 6.45) is 9.31. The van der Waals surface area contributed by atoms with Gasteiger partial charge in [-0.25, -0.2) is 0 Å². The van der Waals surface area contributed by atoms with Gasteiger partial charge in [-0.05, 0) is 56.3 Å². The Morgan fingerprint density at radius 2 is 0.677 bits per heavy atom. The van der Waals surface area contributed by atoms with Gasteiger partial charge in [-0.1, -0.05) is 80.1 Å². The first-order valence-corrected chi connectivity index (χ1v) is 11.5. The fraction of sp³-hybridized carbons (Fsp3) is 0.875.